The molecule has 8 nitrogen and oxygen atoms in total. The number of pyridine rings is 1. The minimum absolute atomic E-state index is 0.0523. The zero-order valence-corrected chi connectivity index (χ0v) is 18.8. The Balaban J connectivity index is 1.41. The van der Waals surface area contributed by atoms with E-state index in [1.165, 1.54) is 0 Å². The van der Waals surface area contributed by atoms with E-state index in [-0.39, 0.29) is 18.4 Å². The molecule has 0 aliphatic carbocycles. The highest BCUT2D eigenvalue weighted by atomic mass is 35.5. The lowest BCUT2D eigenvalue weighted by Crippen LogP contribution is -2.50. The van der Waals surface area contributed by atoms with Crippen LogP contribution in [0.5, 0.6) is 0 Å². The molecule has 4 rings (SSSR count). The lowest BCUT2D eigenvalue weighted by molar-refractivity contribution is -0.132. The van der Waals surface area contributed by atoms with Gasteiger partial charge in [-0.3, -0.25) is 14.3 Å². The number of carbonyl (C=O) groups is 2. The number of hydrogen-bond donors (Lipinski definition) is 1. The van der Waals surface area contributed by atoms with E-state index in [0.717, 1.165) is 17.1 Å². The van der Waals surface area contributed by atoms with Crippen molar-refractivity contribution in [3.8, 4) is 0 Å². The Morgan fingerprint density at radius 1 is 1.06 bits per heavy atom. The molecule has 2 amide bonds. The number of hydrogen-bond acceptors (Lipinski definition) is 5. The summed E-state index contributed by atoms with van der Waals surface area (Å²) in [6.45, 7) is 6.59. The maximum Gasteiger partial charge on any atom is 0.257 e. The first-order chi connectivity index (χ1) is 15.4. The predicted octanol–water partition coefficient (Wildman–Crippen LogP) is 3.15. The number of halogens is 1. The summed E-state index contributed by atoms with van der Waals surface area (Å²) in [5, 5.41) is 7.57. The van der Waals surface area contributed by atoms with Crippen molar-refractivity contribution in [2.24, 2.45) is 0 Å². The number of para-hydroxylation sites is 1. The van der Waals surface area contributed by atoms with Gasteiger partial charge in [-0.05, 0) is 44.2 Å². The van der Waals surface area contributed by atoms with Gasteiger partial charge in [0.2, 0.25) is 5.91 Å². The fraction of sp³-hybridized carbons (Fsp3) is 0.304. The van der Waals surface area contributed by atoms with Crippen LogP contribution < -0.4 is 10.2 Å². The largest absolute Gasteiger partial charge is 0.367 e. The maximum atomic E-state index is 12.9. The van der Waals surface area contributed by atoms with Crippen LogP contribution in [-0.2, 0) is 11.3 Å². The van der Waals surface area contributed by atoms with Gasteiger partial charge < -0.3 is 15.1 Å². The van der Waals surface area contributed by atoms with E-state index in [1.54, 1.807) is 29.1 Å². The second-order valence-electron chi connectivity index (χ2n) is 7.79. The second-order valence-corrected chi connectivity index (χ2v) is 8.18. The molecule has 3 heterocycles. The van der Waals surface area contributed by atoms with Crippen LogP contribution in [0.4, 0.5) is 11.4 Å². The van der Waals surface area contributed by atoms with Crippen molar-refractivity contribution in [3.63, 3.8) is 0 Å². The first-order valence-corrected chi connectivity index (χ1v) is 10.8. The van der Waals surface area contributed by atoms with Gasteiger partial charge in [-0.1, -0.05) is 23.7 Å². The number of carbonyl (C=O) groups excluding carboxylic acids is 2. The molecule has 0 bridgehead atoms. The highest BCUT2D eigenvalue weighted by Crippen LogP contribution is 2.24. The van der Waals surface area contributed by atoms with Crippen molar-refractivity contribution in [1.29, 1.82) is 0 Å². The molecule has 1 saturated heterocycles. The predicted molar refractivity (Wildman–Crippen MR) is 124 cm³/mol. The Hall–Kier alpha value is -3.39. The van der Waals surface area contributed by atoms with Crippen LogP contribution in [0.2, 0.25) is 5.15 Å². The SMILES string of the molecule is Cc1cc(C)n(CC(=O)N2CCN(c3ccccc3C(=O)Nc3ccnc(Cl)c3)CC2)n1. The number of amides is 2. The summed E-state index contributed by atoms with van der Waals surface area (Å²) in [6, 6.07) is 12.7. The zero-order chi connectivity index (χ0) is 22.7. The molecule has 0 saturated carbocycles. The third-order valence-electron chi connectivity index (χ3n) is 5.49. The number of aromatic nitrogens is 3. The Morgan fingerprint density at radius 3 is 2.50 bits per heavy atom. The molecule has 2 aromatic heterocycles. The van der Waals surface area contributed by atoms with Crippen LogP contribution in [0.25, 0.3) is 0 Å². The van der Waals surface area contributed by atoms with Crippen LogP contribution in [0.3, 0.4) is 0 Å². The minimum Gasteiger partial charge on any atom is -0.367 e. The van der Waals surface area contributed by atoms with Crippen LogP contribution in [0.1, 0.15) is 21.7 Å². The average Bonchev–Trinajstić information content (AvgIpc) is 3.10. The van der Waals surface area contributed by atoms with E-state index >= 15 is 0 Å². The summed E-state index contributed by atoms with van der Waals surface area (Å²) >= 11 is 5.92. The normalized spacial score (nSPS) is 13.8. The van der Waals surface area contributed by atoms with Gasteiger partial charge >= 0.3 is 0 Å². The third-order valence-corrected chi connectivity index (χ3v) is 5.70. The summed E-state index contributed by atoms with van der Waals surface area (Å²) in [5.41, 5.74) is 3.89. The molecule has 1 N–H and O–H groups in total. The van der Waals surface area contributed by atoms with Gasteiger partial charge in [0.25, 0.3) is 5.91 Å². The summed E-state index contributed by atoms with van der Waals surface area (Å²) in [4.78, 5) is 33.6. The van der Waals surface area contributed by atoms with Crippen molar-refractivity contribution in [2.45, 2.75) is 20.4 Å². The van der Waals surface area contributed by atoms with Crippen molar-refractivity contribution >= 4 is 34.8 Å². The van der Waals surface area contributed by atoms with E-state index in [9.17, 15) is 9.59 Å². The molecule has 1 aliphatic heterocycles. The number of aryl methyl sites for hydroxylation is 2. The van der Waals surface area contributed by atoms with E-state index in [2.05, 4.69) is 20.3 Å². The summed E-state index contributed by atoms with van der Waals surface area (Å²) in [6.07, 6.45) is 1.55. The summed E-state index contributed by atoms with van der Waals surface area (Å²) in [5.74, 6) is -0.164. The molecule has 32 heavy (non-hydrogen) atoms. The second kappa shape index (κ2) is 9.40. The molecular formula is C23H25ClN6O2. The molecule has 3 aromatic rings. The highest BCUT2D eigenvalue weighted by molar-refractivity contribution is 6.29. The van der Waals surface area contributed by atoms with Crippen molar-refractivity contribution in [3.05, 3.63) is 70.8 Å². The van der Waals surface area contributed by atoms with Gasteiger partial charge in [0.1, 0.15) is 11.7 Å². The molecule has 0 radical (unpaired) electrons. The van der Waals surface area contributed by atoms with E-state index in [4.69, 9.17) is 11.6 Å². The molecule has 166 valence electrons. The Labute approximate surface area is 191 Å². The summed E-state index contributed by atoms with van der Waals surface area (Å²) in [7, 11) is 0. The van der Waals surface area contributed by atoms with Crippen molar-refractivity contribution < 1.29 is 9.59 Å². The number of piperazine rings is 1. The molecule has 1 aromatic carbocycles. The Bertz CT molecular complexity index is 1140. The van der Waals surface area contributed by atoms with Crippen molar-refractivity contribution in [2.75, 3.05) is 36.4 Å². The smallest absolute Gasteiger partial charge is 0.257 e. The lowest BCUT2D eigenvalue weighted by Gasteiger charge is -2.37. The number of anilines is 2. The third kappa shape index (κ3) is 4.91. The van der Waals surface area contributed by atoms with Crippen LogP contribution in [0.15, 0.2) is 48.7 Å². The van der Waals surface area contributed by atoms with Gasteiger partial charge in [-0.2, -0.15) is 5.10 Å². The molecule has 1 aliphatic rings. The van der Waals surface area contributed by atoms with Gasteiger partial charge in [-0.25, -0.2) is 4.98 Å². The Kier molecular flexibility index (Phi) is 6.41. The van der Waals surface area contributed by atoms with Gasteiger partial charge in [0, 0.05) is 49.4 Å². The molecule has 0 atom stereocenters. The topological polar surface area (TPSA) is 83.4 Å². The average molecular weight is 453 g/mol. The lowest BCUT2D eigenvalue weighted by atomic mass is 10.1. The van der Waals surface area contributed by atoms with E-state index < -0.39 is 0 Å². The first-order valence-electron chi connectivity index (χ1n) is 10.5. The highest BCUT2D eigenvalue weighted by Gasteiger charge is 2.24. The molecule has 1 fully saturated rings. The fourth-order valence-electron chi connectivity index (χ4n) is 3.88. The number of nitrogens with zero attached hydrogens (tertiary/aromatic N) is 5. The van der Waals surface area contributed by atoms with Crippen LogP contribution >= 0.6 is 11.6 Å². The quantitative estimate of drug-likeness (QED) is 0.601. The summed E-state index contributed by atoms with van der Waals surface area (Å²) < 4.78 is 1.75. The zero-order valence-electron chi connectivity index (χ0n) is 18.1. The van der Waals surface area contributed by atoms with Crippen LogP contribution in [-0.4, -0.2) is 57.7 Å². The standard InChI is InChI=1S/C23H25ClN6O2/c1-16-13-17(2)30(27-16)15-22(31)29-11-9-28(10-12-29)20-6-4-3-5-19(20)23(32)26-18-7-8-25-21(24)14-18/h3-8,13-14H,9-12,15H2,1-2H3,(H,25,26,32). The number of rotatable bonds is 5. The van der Waals surface area contributed by atoms with Crippen LogP contribution in [0, 0.1) is 13.8 Å². The fourth-order valence-corrected chi connectivity index (χ4v) is 4.05. The maximum absolute atomic E-state index is 12.9. The van der Waals surface area contributed by atoms with E-state index in [0.29, 0.717) is 42.6 Å². The molecular weight excluding hydrogens is 428 g/mol. The number of nitrogens with one attached hydrogen (secondary N) is 1. The monoisotopic (exact) mass is 452 g/mol. The number of benzene rings is 1. The molecule has 9 heteroatoms. The Morgan fingerprint density at radius 2 is 1.81 bits per heavy atom. The van der Waals surface area contributed by atoms with Gasteiger partial charge in [0.05, 0.1) is 11.3 Å². The van der Waals surface area contributed by atoms with Gasteiger partial charge in [0.15, 0.2) is 0 Å². The molecule has 0 spiro atoms. The van der Waals surface area contributed by atoms with Crippen molar-refractivity contribution in [1.82, 2.24) is 19.7 Å². The minimum atomic E-state index is -0.217. The van der Waals surface area contributed by atoms with E-state index in [1.807, 2.05) is 43.0 Å². The molecule has 0 unspecified atom stereocenters. The first kappa shape index (κ1) is 21.8. The van der Waals surface area contributed by atoms with Gasteiger partial charge in [-0.15, -0.1) is 0 Å².